The first-order chi connectivity index (χ1) is 11.6. The number of hydrogen-bond acceptors (Lipinski definition) is 5. The minimum Gasteiger partial charge on any atom is -0.316 e. The monoisotopic (exact) mass is 429 g/mol. The summed E-state index contributed by atoms with van der Waals surface area (Å²) in [5, 5.41) is 2.32. The van der Waals surface area contributed by atoms with Crippen molar-refractivity contribution in [2.75, 3.05) is 24.9 Å². The van der Waals surface area contributed by atoms with Crippen molar-refractivity contribution in [3.05, 3.63) is 24.0 Å². The van der Waals surface area contributed by atoms with Gasteiger partial charge in [0.2, 0.25) is 20.0 Å². The molecule has 0 amide bonds. The van der Waals surface area contributed by atoms with Crippen LogP contribution in [0.25, 0.3) is 0 Å². The van der Waals surface area contributed by atoms with Crippen molar-refractivity contribution in [2.45, 2.75) is 42.9 Å². The highest BCUT2D eigenvalue weighted by molar-refractivity contribution is 7.93. The fourth-order valence-corrected chi connectivity index (χ4v) is 4.80. The van der Waals surface area contributed by atoms with Gasteiger partial charge in [-0.05, 0) is 51.9 Å². The van der Waals surface area contributed by atoms with E-state index in [1.54, 1.807) is 7.05 Å². The van der Waals surface area contributed by atoms with Crippen molar-refractivity contribution in [1.82, 2.24) is 9.62 Å². The second-order valence-corrected chi connectivity index (χ2v) is 10.5. The molecule has 0 spiro atoms. The Morgan fingerprint density at radius 1 is 1.23 bits per heavy atom. The normalized spacial score (nSPS) is 19.2. The van der Waals surface area contributed by atoms with Crippen LogP contribution in [0.2, 0.25) is 0 Å². The molecule has 2 N–H and O–H groups in total. The Labute approximate surface area is 160 Å². The Morgan fingerprint density at radius 3 is 2.42 bits per heavy atom. The number of likely N-dealkylation sites (N-methyl/N-ethyl adjacent to an activating group) is 1. The molecule has 1 aliphatic heterocycles. The lowest BCUT2D eigenvalue weighted by atomic mass is 10.1. The number of sulfonamides is 2. The van der Waals surface area contributed by atoms with E-state index in [2.05, 4.69) is 10.0 Å². The zero-order valence-electron chi connectivity index (χ0n) is 14.9. The van der Waals surface area contributed by atoms with Crippen molar-refractivity contribution in [2.24, 2.45) is 0 Å². The fourth-order valence-electron chi connectivity index (χ4n) is 2.56. The maximum Gasteiger partial charge on any atom is 0.243 e. The van der Waals surface area contributed by atoms with Gasteiger partial charge >= 0.3 is 0 Å². The van der Waals surface area contributed by atoms with Gasteiger partial charge < -0.3 is 5.32 Å². The Kier molecular flexibility index (Phi) is 7.85. The van der Waals surface area contributed by atoms with Crippen molar-refractivity contribution < 1.29 is 21.2 Å². The Morgan fingerprint density at radius 2 is 1.88 bits per heavy atom. The molecule has 7 nitrogen and oxygen atoms in total. The highest BCUT2D eigenvalue weighted by Gasteiger charge is 2.30. The first-order valence-electron chi connectivity index (χ1n) is 8.06. The van der Waals surface area contributed by atoms with Crippen LogP contribution in [0.5, 0.6) is 0 Å². The zero-order valence-corrected chi connectivity index (χ0v) is 17.3. The molecule has 1 saturated heterocycles. The summed E-state index contributed by atoms with van der Waals surface area (Å²) in [6, 6.07) is 3.28. The SMILES string of the molecule is CNC1CCCN(S(=O)(=O)c2ccc(NS(=O)(=O)C(C)C)c(F)c2)C1.Cl. The lowest BCUT2D eigenvalue weighted by molar-refractivity contribution is 0.293. The Bertz CT molecular complexity index is 831. The second-order valence-electron chi connectivity index (χ2n) is 6.33. The van der Waals surface area contributed by atoms with Crippen LogP contribution in [0, 0.1) is 5.82 Å². The smallest absolute Gasteiger partial charge is 0.243 e. The topological polar surface area (TPSA) is 95.6 Å². The summed E-state index contributed by atoms with van der Waals surface area (Å²) in [7, 11) is -5.77. The second kappa shape index (κ2) is 8.83. The molecule has 0 bridgehead atoms. The maximum atomic E-state index is 14.3. The Balaban J connectivity index is 0.00000338. The quantitative estimate of drug-likeness (QED) is 0.718. The largest absolute Gasteiger partial charge is 0.316 e. The number of benzene rings is 1. The molecule has 1 unspecified atom stereocenters. The van der Waals surface area contributed by atoms with Gasteiger partial charge in [0.25, 0.3) is 0 Å². The van der Waals surface area contributed by atoms with Crippen LogP contribution in [0.4, 0.5) is 10.1 Å². The van der Waals surface area contributed by atoms with E-state index in [-0.39, 0.29) is 29.0 Å². The number of piperidine rings is 1. The van der Waals surface area contributed by atoms with Gasteiger partial charge in [0, 0.05) is 19.1 Å². The fraction of sp³-hybridized carbons (Fsp3) is 0.600. The van der Waals surface area contributed by atoms with Gasteiger partial charge in [-0.3, -0.25) is 4.72 Å². The molecule has 0 aromatic heterocycles. The van der Waals surface area contributed by atoms with Gasteiger partial charge in [-0.1, -0.05) is 0 Å². The van der Waals surface area contributed by atoms with E-state index < -0.39 is 31.1 Å². The van der Waals surface area contributed by atoms with Gasteiger partial charge in [0.15, 0.2) is 0 Å². The average Bonchev–Trinajstić information content (AvgIpc) is 2.56. The molecule has 1 aliphatic rings. The van der Waals surface area contributed by atoms with Crippen LogP contribution in [-0.4, -0.2) is 52.6 Å². The minimum atomic E-state index is -3.83. The third-order valence-electron chi connectivity index (χ3n) is 4.24. The van der Waals surface area contributed by atoms with Gasteiger partial charge in [0.1, 0.15) is 5.82 Å². The predicted molar refractivity (Wildman–Crippen MR) is 102 cm³/mol. The average molecular weight is 430 g/mol. The zero-order chi connectivity index (χ0) is 18.8. The Hall–Kier alpha value is -0.940. The van der Waals surface area contributed by atoms with E-state index >= 15 is 0 Å². The molecule has 0 aliphatic carbocycles. The summed E-state index contributed by atoms with van der Waals surface area (Å²) < 4.78 is 66.8. The molecule has 1 atom stereocenters. The summed E-state index contributed by atoms with van der Waals surface area (Å²) in [6.07, 6.45) is 1.60. The molecule has 11 heteroatoms. The number of nitrogens with one attached hydrogen (secondary N) is 2. The predicted octanol–water partition coefficient (Wildman–Crippen LogP) is 1.77. The van der Waals surface area contributed by atoms with Crippen LogP contribution >= 0.6 is 12.4 Å². The summed E-state index contributed by atoms with van der Waals surface area (Å²) in [6.45, 7) is 3.63. The molecular formula is C15H25ClFN3O4S2. The van der Waals surface area contributed by atoms with E-state index in [9.17, 15) is 21.2 Å². The summed E-state index contributed by atoms with van der Waals surface area (Å²) >= 11 is 0. The number of anilines is 1. The van der Waals surface area contributed by atoms with Crippen LogP contribution in [-0.2, 0) is 20.0 Å². The molecule has 0 radical (unpaired) electrons. The van der Waals surface area contributed by atoms with Crippen LogP contribution < -0.4 is 10.0 Å². The standard InChI is InChI=1S/C15H24FN3O4S2.ClH/c1-11(2)24(20,21)18-15-7-6-13(9-14(15)16)25(22,23)19-8-4-5-12(10-19)17-3;/h6-7,9,11-12,17-18H,4-5,8,10H2,1-3H3;1H. The molecule has 0 saturated carbocycles. The van der Waals surface area contributed by atoms with E-state index in [0.29, 0.717) is 13.1 Å². The first kappa shape index (κ1) is 23.1. The van der Waals surface area contributed by atoms with Crippen LogP contribution in [0.1, 0.15) is 26.7 Å². The molecule has 1 aromatic rings. The van der Waals surface area contributed by atoms with Crippen molar-refractivity contribution >= 4 is 38.1 Å². The van der Waals surface area contributed by atoms with Gasteiger partial charge in [-0.2, -0.15) is 4.31 Å². The van der Waals surface area contributed by atoms with Crippen molar-refractivity contribution in [1.29, 1.82) is 0 Å². The number of hydrogen-bond donors (Lipinski definition) is 2. The molecule has 1 fully saturated rings. The summed E-state index contributed by atoms with van der Waals surface area (Å²) in [5.74, 6) is -0.924. The third kappa shape index (κ3) is 5.07. The van der Waals surface area contributed by atoms with Gasteiger partial charge in [-0.15, -0.1) is 12.4 Å². The van der Waals surface area contributed by atoms with Gasteiger partial charge in [-0.25, -0.2) is 21.2 Å². The number of halogens is 2. The lowest BCUT2D eigenvalue weighted by Crippen LogP contribution is -2.46. The van der Waals surface area contributed by atoms with E-state index in [1.807, 2.05) is 0 Å². The molecule has 1 aromatic carbocycles. The van der Waals surface area contributed by atoms with E-state index in [0.717, 1.165) is 25.0 Å². The molecule has 2 rings (SSSR count). The summed E-state index contributed by atoms with van der Waals surface area (Å²) in [4.78, 5) is -0.186. The van der Waals surface area contributed by atoms with E-state index in [4.69, 9.17) is 0 Å². The first-order valence-corrected chi connectivity index (χ1v) is 11.0. The lowest BCUT2D eigenvalue weighted by Gasteiger charge is -2.31. The third-order valence-corrected chi connectivity index (χ3v) is 7.85. The number of rotatable bonds is 6. The van der Waals surface area contributed by atoms with Crippen molar-refractivity contribution in [3.8, 4) is 0 Å². The highest BCUT2D eigenvalue weighted by Crippen LogP contribution is 2.25. The molecule has 150 valence electrons. The highest BCUT2D eigenvalue weighted by atomic mass is 35.5. The minimum absolute atomic E-state index is 0. The molecule has 26 heavy (non-hydrogen) atoms. The number of nitrogens with zero attached hydrogens (tertiary/aromatic N) is 1. The maximum absolute atomic E-state index is 14.3. The summed E-state index contributed by atoms with van der Waals surface area (Å²) in [5.41, 5.74) is -0.264. The van der Waals surface area contributed by atoms with Crippen LogP contribution in [0.15, 0.2) is 23.1 Å². The molecular weight excluding hydrogens is 405 g/mol. The van der Waals surface area contributed by atoms with Crippen molar-refractivity contribution in [3.63, 3.8) is 0 Å². The van der Waals surface area contributed by atoms with Crippen LogP contribution in [0.3, 0.4) is 0 Å². The van der Waals surface area contributed by atoms with Gasteiger partial charge in [0.05, 0.1) is 15.8 Å². The van der Waals surface area contributed by atoms with E-state index in [1.165, 1.54) is 24.2 Å². The molecule has 1 heterocycles.